The van der Waals surface area contributed by atoms with Crippen LogP contribution in [0.1, 0.15) is 11.1 Å². The van der Waals surface area contributed by atoms with E-state index in [0.29, 0.717) is 17.1 Å². The Balaban J connectivity index is 1.45. The van der Waals surface area contributed by atoms with Crippen LogP contribution in [0.2, 0.25) is 5.02 Å². The smallest absolute Gasteiger partial charge is 0.209 e. The lowest BCUT2D eigenvalue weighted by molar-refractivity contribution is 0.602. The summed E-state index contributed by atoms with van der Waals surface area (Å²) < 4.78 is 18.0. The molecule has 0 unspecified atom stereocenters. The highest BCUT2D eigenvalue weighted by Gasteiger charge is 2.12. The third-order valence-electron chi connectivity index (χ3n) is 4.67. The molecule has 29 heavy (non-hydrogen) atoms. The van der Waals surface area contributed by atoms with Gasteiger partial charge in [-0.3, -0.25) is 0 Å². The van der Waals surface area contributed by atoms with Gasteiger partial charge in [0.1, 0.15) is 5.82 Å². The molecule has 0 aliphatic carbocycles. The van der Waals surface area contributed by atoms with Crippen LogP contribution < -0.4 is 5.32 Å². The SMILES string of the molecule is Cn1nnnc1SCCNCc1cn(Cc2c(F)cccc2Cl)c2ccccc12. The minimum atomic E-state index is -0.287. The molecule has 0 amide bonds. The van der Waals surface area contributed by atoms with Gasteiger partial charge < -0.3 is 9.88 Å². The summed E-state index contributed by atoms with van der Waals surface area (Å²) >= 11 is 7.83. The van der Waals surface area contributed by atoms with Crippen LogP contribution in [-0.4, -0.2) is 37.1 Å². The normalized spacial score (nSPS) is 11.4. The Kier molecular flexibility index (Phi) is 6.13. The minimum absolute atomic E-state index is 0.287. The molecule has 150 valence electrons. The highest BCUT2D eigenvalue weighted by Crippen LogP contribution is 2.26. The Bertz CT molecular complexity index is 1110. The number of aryl methyl sites for hydroxylation is 1. The Morgan fingerprint density at radius 3 is 2.83 bits per heavy atom. The van der Waals surface area contributed by atoms with Crippen molar-refractivity contribution in [1.29, 1.82) is 0 Å². The van der Waals surface area contributed by atoms with Gasteiger partial charge in [-0.25, -0.2) is 9.07 Å². The number of thioether (sulfide) groups is 1. The van der Waals surface area contributed by atoms with E-state index in [1.807, 2.05) is 25.2 Å². The number of tetrazole rings is 1. The van der Waals surface area contributed by atoms with Gasteiger partial charge in [-0.15, -0.1) is 5.10 Å². The molecule has 0 radical (unpaired) electrons. The molecule has 9 heteroatoms. The van der Waals surface area contributed by atoms with Crippen molar-refractivity contribution in [3.8, 4) is 0 Å². The molecule has 0 saturated carbocycles. The zero-order valence-corrected chi connectivity index (χ0v) is 17.4. The molecule has 0 aliphatic heterocycles. The molecular weight excluding hydrogens is 411 g/mol. The highest BCUT2D eigenvalue weighted by atomic mass is 35.5. The van der Waals surface area contributed by atoms with Crippen LogP contribution in [0, 0.1) is 5.82 Å². The third-order valence-corrected chi connectivity index (χ3v) is 6.03. The Morgan fingerprint density at radius 2 is 2.03 bits per heavy atom. The number of nitrogens with zero attached hydrogens (tertiary/aromatic N) is 5. The molecule has 1 N–H and O–H groups in total. The first-order valence-corrected chi connectivity index (χ1v) is 10.6. The van der Waals surface area contributed by atoms with E-state index in [4.69, 9.17) is 11.6 Å². The molecule has 0 saturated heterocycles. The zero-order chi connectivity index (χ0) is 20.2. The van der Waals surface area contributed by atoms with Gasteiger partial charge in [0.05, 0.1) is 6.54 Å². The van der Waals surface area contributed by atoms with Crippen LogP contribution in [0.3, 0.4) is 0 Å². The summed E-state index contributed by atoms with van der Waals surface area (Å²) in [5.41, 5.74) is 2.73. The summed E-state index contributed by atoms with van der Waals surface area (Å²) in [4.78, 5) is 0. The molecule has 0 fully saturated rings. The molecule has 0 spiro atoms. The fourth-order valence-electron chi connectivity index (χ4n) is 3.23. The van der Waals surface area contributed by atoms with Crippen molar-refractivity contribution in [2.75, 3.05) is 12.3 Å². The van der Waals surface area contributed by atoms with Crippen LogP contribution in [0.25, 0.3) is 10.9 Å². The monoisotopic (exact) mass is 430 g/mol. The predicted molar refractivity (Wildman–Crippen MR) is 114 cm³/mol. The van der Waals surface area contributed by atoms with E-state index in [0.717, 1.165) is 34.9 Å². The standard InChI is InChI=1S/C20H20ClFN6S/c1-27-20(24-25-26-27)29-10-9-23-11-14-12-28(19-8-3-2-5-15(14)19)13-16-17(21)6-4-7-18(16)22/h2-8,12,23H,9-11,13H2,1H3. The molecular formula is C20H20ClFN6S. The van der Waals surface area contributed by atoms with Gasteiger partial charge in [0, 0.05) is 53.6 Å². The number of aromatic nitrogens is 5. The summed E-state index contributed by atoms with van der Waals surface area (Å²) in [7, 11) is 1.83. The van der Waals surface area contributed by atoms with Crippen molar-refractivity contribution < 1.29 is 4.39 Å². The lowest BCUT2D eigenvalue weighted by Crippen LogP contribution is -2.16. The van der Waals surface area contributed by atoms with E-state index in [2.05, 4.69) is 37.7 Å². The number of benzene rings is 2. The summed E-state index contributed by atoms with van der Waals surface area (Å²) in [6.45, 7) is 1.92. The molecule has 2 aromatic carbocycles. The second kappa shape index (κ2) is 8.94. The average molecular weight is 431 g/mol. The lowest BCUT2D eigenvalue weighted by Gasteiger charge is -2.08. The number of hydrogen-bond acceptors (Lipinski definition) is 5. The first-order chi connectivity index (χ1) is 14.1. The quantitative estimate of drug-likeness (QED) is 0.339. The topological polar surface area (TPSA) is 60.6 Å². The highest BCUT2D eigenvalue weighted by molar-refractivity contribution is 7.99. The average Bonchev–Trinajstić information content (AvgIpc) is 3.28. The molecule has 0 atom stereocenters. The second-order valence-electron chi connectivity index (χ2n) is 6.61. The fourth-order valence-corrected chi connectivity index (χ4v) is 4.20. The Morgan fingerprint density at radius 1 is 1.17 bits per heavy atom. The second-order valence-corrected chi connectivity index (χ2v) is 8.08. The number of hydrogen-bond donors (Lipinski definition) is 1. The van der Waals surface area contributed by atoms with E-state index in [-0.39, 0.29) is 5.82 Å². The van der Waals surface area contributed by atoms with Crippen molar-refractivity contribution in [1.82, 2.24) is 30.1 Å². The third kappa shape index (κ3) is 4.44. The lowest BCUT2D eigenvalue weighted by atomic mass is 10.2. The largest absolute Gasteiger partial charge is 0.343 e. The Labute approximate surface area is 177 Å². The van der Waals surface area contributed by atoms with E-state index < -0.39 is 0 Å². The molecule has 0 aliphatic rings. The molecule has 4 rings (SSSR count). The van der Waals surface area contributed by atoms with Gasteiger partial charge >= 0.3 is 0 Å². The van der Waals surface area contributed by atoms with Crippen molar-refractivity contribution >= 4 is 34.3 Å². The van der Waals surface area contributed by atoms with Crippen molar-refractivity contribution in [3.05, 3.63) is 70.6 Å². The van der Waals surface area contributed by atoms with E-state index in [1.165, 1.54) is 11.6 Å². The number of rotatable bonds is 8. The van der Waals surface area contributed by atoms with Crippen LogP contribution in [-0.2, 0) is 20.1 Å². The van der Waals surface area contributed by atoms with Gasteiger partial charge in [0.15, 0.2) is 0 Å². The van der Waals surface area contributed by atoms with Gasteiger partial charge in [-0.05, 0) is 34.2 Å². The summed E-state index contributed by atoms with van der Waals surface area (Å²) in [6, 6.07) is 12.9. The Hall–Kier alpha value is -2.42. The maximum atomic E-state index is 14.2. The first kappa shape index (κ1) is 19.9. The van der Waals surface area contributed by atoms with Gasteiger partial charge in [0.25, 0.3) is 0 Å². The molecule has 2 heterocycles. The van der Waals surface area contributed by atoms with Gasteiger partial charge in [0.2, 0.25) is 5.16 Å². The van der Waals surface area contributed by atoms with Crippen LogP contribution in [0.4, 0.5) is 4.39 Å². The molecule has 4 aromatic rings. The van der Waals surface area contributed by atoms with Gasteiger partial charge in [-0.1, -0.05) is 47.6 Å². The van der Waals surface area contributed by atoms with Crippen molar-refractivity contribution in [2.24, 2.45) is 7.05 Å². The zero-order valence-electron chi connectivity index (χ0n) is 15.8. The van der Waals surface area contributed by atoms with E-state index in [9.17, 15) is 4.39 Å². The van der Waals surface area contributed by atoms with E-state index in [1.54, 1.807) is 28.6 Å². The minimum Gasteiger partial charge on any atom is -0.343 e. The van der Waals surface area contributed by atoms with E-state index >= 15 is 0 Å². The summed E-state index contributed by atoms with van der Waals surface area (Å²) in [6.07, 6.45) is 2.07. The maximum absolute atomic E-state index is 14.2. The first-order valence-electron chi connectivity index (χ1n) is 9.19. The summed E-state index contributed by atoms with van der Waals surface area (Å²) in [5.74, 6) is 0.572. The van der Waals surface area contributed by atoms with Crippen LogP contribution in [0.15, 0.2) is 53.8 Å². The van der Waals surface area contributed by atoms with Crippen LogP contribution >= 0.6 is 23.4 Å². The maximum Gasteiger partial charge on any atom is 0.209 e. The number of nitrogens with one attached hydrogen (secondary N) is 1. The summed E-state index contributed by atoms with van der Waals surface area (Å²) in [5, 5.41) is 17.3. The number of halogens is 2. The molecule has 2 aromatic heterocycles. The van der Waals surface area contributed by atoms with Gasteiger partial charge in [-0.2, -0.15) is 0 Å². The predicted octanol–water partition coefficient (Wildman–Crippen LogP) is 3.89. The van der Waals surface area contributed by atoms with Crippen molar-refractivity contribution in [2.45, 2.75) is 18.2 Å². The van der Waals surface area contributed by atoms with Crippen molar-refractivity contribution in [3.63, 3.8) is 0 Å². The van der Waals surface area contributed by atoms with Crippen LogP contribution in [0.5, 0.6) is 0 Å². The number of fused-ring (bicyclic) bond motifs is 1. The fraction of sp³-hybridized carbons (Fsp3) is 0.250. The number of para-hydroxylation sites is 1. The molecule has 0 bridgehead atoms. The molecule has 6 nitrogen and oxygen atoms in total.